The fourth-order valence-electron chi connectivity index (χ4n) is 1.92. The third kappa shape index (κ3) is 2.77. The van der Waals surface area contributed by atoms with Crippen molar-refractivity contribution in [1.82, 2.24) is 9.78 Å². The average Bonchev–Trinajstić information content (AvgIpc) is 2.48. The monoisotopic (exact) mass is 272 g/mol. The summed E-state index contributed by atoms with van der Waals surface area (Å²) in [5.74, 6) is -0.694. The number of hydrogen-bond acceptors (Lipinski definition) is 4. The highest BCUT2D eigenvalue weighted by Crippen LogP contribution is 2.13. The van der Waals surface area contributed by atoms with Gasteiger partial charge in [0.2, 0.25) is 11.1 Å². The lowest BCUT2D eigenvalue weighted by atomic mass is 10.1. The van der Waals surface area contributed by atoms with Crippen LogP contribution < -0.4 is 5.43 Å². The number of aromatic nitrogens is 2. The molecule has 0 saturated heterocycles. The quantitative estimate of drug-likeness (QED) is 0.798. The Balaban J connectivity index is 2.51. The van der Waals surface area contributed by atoms with Gasteiger partial charge in [-0.15, -0.1) is 0 Å². The Morgan fingerprint density at radius 3 is 2.70 bits per heavy atom. The lowest BCUT2D eigenvalue weighted by Crippen LogP contribution is -2.22. The molecule has 0 aliphatic heterocycles. The van der Waals surface area contributed by atoms with Crippen molar-refractivity contribution >= 4 is 5.97 Å². The van der Waals surface area contributed by atoms with Crippen molar-refractivity contribution in [1.29, 1.82) is 0 Å². The summed E-state index contributed by atoms with van der Waals surface area (Å²) in [5.41, 5.74) is 1.30. The predicted octanol–water partition coefficient (Wildman–Crippen LogP) is 1.97. The van der Waals surface area contributed by atoms with Gasteiger partial charge in [-0.05, 0) is 25.0 Å². The summed E-state index contributed by atoms with van der Waals surface area (Å²) in [5, 5.41) is 4.10. The summed E-state index contributed by atoms with van der Waals surface area (Å²) >= 11 is 0. The van der Waals surface area contributed by atoms with Crippen LogP contribution in [0.15, 0.2) is 41.3 Å². The number of rotatable bonds is 4. The number of nitrogens with zero attached hydrogens (tertiary/aromatic N) is 2. The van der Waals surface area contributed by atoms with Crippen LogP contribution in [0.4, 0.5) is 0 Å². The number of para-hydroxylation sites is 1. The molecule has 0 unspecified atom stereocenters. The van der Waals surface area contributed by atoms with Crippen molar-refractivity contribution in [3.8, 4) is 5.69 Å². The second-order valence-corrected chi connectivity index (χ2v) is 4.18. The maximum absolute atomic E-state index is 11.7. The zero-order chi connectivity index (χ0) is 14.5. The summed E-state index contributed by atoms with van der Waals surface area (Å²) < 4.78 is 6.38. The molecule has 5 heteroatoms. The Kier molecular flexibility index (Phi) is 4.30. The highest BCUT2D eigenvalue weighted by Gasteiger charge is 2.14. The van der Waals surface area contributed by atoms with E-state index in [0.29, 0.717) is 0 Å². The summed E-state index contributed by atoms with van der Waals surface area (Å²) in [6, 6.07) is 9.03. The zero-order valence-electron chi connectivity index (χ0n) is 11.5. The summed E-state index contributed by atoms with van der Waals surface area (Å²) in [6.45, 7) is 3.93. The van der Waals surface area contributed by atoms with Gasteiger partial charge < -0.3 is 4.74 Å². The number of carbonyl (C=O) groups excluding carboxylic acids is 1. The molecule has 0 N–H and O–H groups in total. The van der Waals surface area contributed by atoms with Gasteiger partial charge in [0.05, 0.1) is 12.3 Å². The molecule has 1 aromatic heterocycles. The van der Waals surface area contributed by atoms with Crippen LogP contribution in [-0.2, 0) is 11.2 Å². The molecule has 104 valence electrons. The average molecular weight is 272 g/mol. The van der Waals surface area contributed by atoms with Gasteiger partial charge in [0.1, 0.15) is 0 Å². The Hall–Kier alpha value is -2.43. The van der Waals surface area contributed by atoms with Crippen LogP contribution in [-0.4, -0.2) is 22.4 Å². The first-order valence-corrected chi connectivity index (χ1v) is 6.52. The molecule has 1 aromatic carbocycles. The molecule has 1 heterocycles. The molecule has 0 saturated carbocycles. The third-order valence-corrected chi connectivity index (χ3v) is 2.90. The highest BCUT2D eigenvalue weighted by atomic mass is 16.5. The van der Waals surface area contributed by atoms with Crippen LogP contribution in [0.1, 0.15) is 29.9 Å². The largest absolute Gasteiger partial charge is 0.461 e. The van der Waals surface area contributed by atoms with Gasteiger partial charge in [0, 0.05) is 12.3 Å². The number of carbonyl (C=O) groups is 1. The van der Waals surface area contributed by atoms with E-state index in [-0.39, 0.29) is 12.3 Å². The number of hydrogen-bond donors (Lipinski definition) is 0. The number of esters is 1. The molecule has 0 aliphatic carbocycles. The van der Waals surface area contributed by atoms with Crippen LogP contribution >= 0.6 is 0 Å². The van der Waals surface area contributed by atoms with E-state index in [1.54, 1.807) is 13.1 Å². The third-order valence-electron chi connectivity index (χ3n) is 2.90. The van der Waals surface area contributed by atoms with E-state index >= 15 is 0 Å². The highest BCUT2D eigenvalue weighted by molar-refractivity contribution is 5.86. The van der Waals surface area contributed by atoms with E-state index in [2.05, 4.69) is 5.10 Å². The predicted molar refractivity (Wildman–Crippen MR) is 75.2 cm³/mol. The Labute approximate surface area is 116 Å². The van der Waals surface area contributed by atoms with Crippen molar-refractivity contribution in [2.24, 2.45) is 0 Å². The molecule has 5 nitrogen and oxygen atoms in total. The van der Waals surface area contributed by atoms with Gasteiger partial charge in [-0.3, -0.25) is 4.79 Å². The minimum atomic E-state index is -0.694. The Morgan fingerprint density at radius 2 is 2.00 bits per heavy atom. The first-order valence-electron chi connectivity index (χ1n) is 6.52. The van der Waals surface area contributed by atoms with Gasteiger partial charge in [0.25, 0.3) is 0 Å². The molecule has 0 spiro atoms. The number of ether oxygens (including phenoxy) is 1. The SMILES string of the molecule is CCOC(=O)c1nn(-c2ccccc2CC)ccc1=O. The lowest BCUT2D eigenvalue weighted by Gasteiger charge is -2.10. The molecule has 0 amide bonds. The lowest BCUT2D eigenvalue weighted by molar-refractivity contribution is 0.0515. The van der Waals surface area contributed by atoms with Crippen LogP contribution in [0, 0.1) is 0 Å². The van der Waals surface area contributed by atoms with Crippen LogP contribution in [0.2, 0.25) is 0 Å². The van der Waals surface area contributed by atoms with Gasteiger partial charge >= 0.3 is 5.97 Å². The molecule has 20 heavy (non-hydrogen) atoms. The minimum absolute atomic E-state index is 0.194. The van der Waals surface area contributed by atoms with E-state index in [9.17, 15) is 9.59 Å². The maximum Gasteiger partial charge on any atom is 0.362 e. The normalized spacial score (nSPS) is 10.3. The van der Waals surface area contributed by atoms with Crippen molar-refractivity contribution in [3.63, 3.8) is 0 Å². The van der Waals surface area contributed by atoms with E-state index in [4.69, 9.17) is 4.74 Å². The molecule has 0 atom stereocenters. The van der Waals surface area contributed by atoms with Gasteiger partial charge in [0.15, 0.2) is 0 Å². The maximum atomic E-state index is 11.7. The molecule has 2 rings (SSSR count). The minimum Gasteiger partial charge on any atom is -0.461 e. The first-order chi connectivity index (χ1) is 9.67. The zero-order valence-corrected chi connectivity index (χ0v) is 11.5. The van der Waals surface area contributed by atoms with Crippen molar-refractivity contribution in [2.75, 3.05) is 6.61 Å². The number of aryl methyl sites for hydroxylation is 1. The van der Waals surface area contributed by atoms with Gasteiger partial charge in [-0.25, -0.2) is 9.48 Å². The molecule has 0 bridgehead atoms. The van der Waals surface area contributed by atoms with Gasteiger partial charge in [-0.1, -0.05) is 25.1 Å². The Bertz CT molecular complexity index is 677. The van der Waals surface area contributed by atoms with Crippen molar-refractivity contribution < 1.29 is 9.53 Å². The Morgan fingerprint density at radius 1 is 1.25 bits per heavy atom. The van der Waals surface area contributed by atoms with Crippen molar-refractivity contribution in [3.05, 3.63) is 58.0 Å². The molecular formula is C15H16N2O3. The van der Waals surface area contributed by atoms with Crippen molar-refractivity contribution in [2.45, 2.75) is 20.3 Å². The standard InChI is InChI=1S/C15H16N2O3/c1-3-11-7-5-6-8-12(11)17-10-9-13(18)14(16-17)15(19)20-4-2/h5-10H,3-4H2,1-2H3. The molecule has 0 aliphatic rings. The van der Waals surface area contributed by atoms with E-state index in [0.717, 1.165) is 17.7 Å². The summed E-state index contributed by atoms with van der Waals surface area (Å²) in [6.07, 6.45) is 2.39. The molecule has 2 aromatic rings. The van der Waals surface area contributed by atoms with Crippen LogP contribution in [0.5, 0.6) is 0 Å². The molecular weight excluding hydrogens is 256 g/mol. The fraction of sp³-hybridized carbons (Fsp3) is 0.267. The smallest absolute Gasteiger partial charge is 0.362 e. The summed E-state index contributed by atoms with van der Waals surface area (Å²) in [4.78, 5) is 23.4. The second-order valence-electron chi connectivity index (χ2n) is 4.18. The second kappa shape index (κ2) is 6.14. The molecule has 0 fully saturated rings. The van der Waals surface area contributed by atoms with Crippen LogP contribution in [0.3, 0.4) is 0 Å². The van der Waals surface area contributed by atoms with Crippen LogP contribution in [0.25, 0.3) is 5.69 Å². The molecule has 0 radical (unpaired) electrons. The first kappa shape index (κ1) is 14.0. The van der Waals surface area contributed by atoms with E-state index in [1.807, 2.05) is 31.2 Å². The topological polar surface area (TPSA) is 61.2 Å². The van der Waals surface area contributed by atoms with E-state index < -0.39 is 11.4 Å². The van der Waals surface area contributed by atoms with E-state index in [1.165, 1.54) is 10.7 Å². The van der Waals surface area contributed by atoms with Gasteiger partial charge in [-0.2, -0.15) is 5.10 Å². The summed E-state index contributed by atoms with van der Waals surface area (Å²) in [7, 11) is 0. The number of benzene rings is 1. The fourth-order valence-corrected chi connectivity index (χ4v) is 1.92.